The monoisotopic (exact) mass is 274 g/mol. The van der Waals surface area contributed by atoms with Gasteiger partial charge in [-0.25, -0.2) is 4.79 Å². The van der Waals surface area contributed by atoms with E-state index in [0.29, 0.717) is 11.3 Å². The SMILES string of the molecule is CC(O)(CNC(=O)c1ccc([N+](=O)[O-])s1)C(=O)O. The molecule has 0 radical (unpaired) electrons. The van der Waals surface area contributed by atoms with E-state index in [4.69, 9.17) is 5.11 Å². The summed E-state index contributed by atoms with van der Waals surface area (Å²) in [6.45, 7) is 0.541. The molecular formula is C9H10N2O6S. The average Bonchev–Trinajstić information content (AvgIpc) is 2.75. The molecule has 0 aromatic carbocycles. The summed E-state index contributed by atoms with van der Waals surface area (Å²) in [5.74, 6) is -2.14. The Morgan fingerprint density at radius 2 is 2.17 bits per heavy atom. The second-order valence-corrected chi connectivity index (χ2v) is 4.72. The van der Waals surface area contributed by atoms with Crippen molar-refractivity contribution in [3.8, 4) is 0 Å². The van der Waals surface area contributed by atoms with Crippen molar-refractivity contribution in [1.29, 1.82) is 0 Å². The average molecular weight is 274 g/mol. The minimum atomic E-state index is -2.08. The molecule has 1 unspecified atom stereocenters. The number of carbonyl (C=O) groups excluding carboxylic acids is 1. The van der Waals surface area contributed by atoms with Crippen LogP contribution in [0.3, 0.4) is 0 Å². The van der Waals surface area contributed by atoms with Crippen molar-refractivity contribution in [2.45, 2.75) is 12.5 Å². The number of hydrogen-bond donors (Lipinski definition) is 3. The van der Waals surface area contributed by atoms with E-state index in [1.807, 2.05) is 0 Å². The zero-order chi connectivity index (χ0) is 13.9. The highest BCUT2D eigenvalue weighted by Crippen LogP contribution is 2.23. The molecule has 0 aliphatic rings. The van der Waals surface area contributed by atoms with E-state index in [-0.39, 0.29) is 9.88 Å². The second kappa shape index (κ2) is 5.10. The van der Waals surface area contributed by atoms with Gasteiger partial charge in [-0.1, -0.05) is 11.3 Å². The van der Waals surface area contributed by atoms with Crippen LogP contribution in [0.2, 0.25) is 0 Å². The number of nitrogens with zero attached hydrogens (tertiary/aromatic N) is 1. The number of thiophene rings is 1. The Balaban J connectivity index is 2.66. The quantitative estimate of drug-likeness (QED) is 0.520. The number of hydrogen-bond acceptors (Lipinski definition) is 6. The first kappa shape index (κ1) is 14.1. The molecule has 0 aliphatic carbocycles. The third-order valence-corrected chi connectivity index (χ3v) is 3.09. The largest absolute Gasteiger partial charge is 0.479 e. The molecule has 0 spiro atoms. The fourth-order valence-electron chi connectivity index (χ4n) is 0.963. The van der Waals surface area contributed by atoms with Gasteiger partial charge in [0, 0.05) is 6.07 Å². The van der Waals surface area contributed by atoms with Gasteiger partial charge in [0.1, 0.15) is 0 Å². The van der Waals surface area contributed by atoms with Crippen molar-refractivity contribution in [3.05, 3.63) is 27.1 Å². The Labute approximate surface area is 105 Å². The van der Waals surface area contributed by atoms with Crippen LogP contribution in [0.25, 0.3) is 0 Å². The molecular weight excluding hydrogens is 264 g/mol. The molecule has 9 heteroatoms. The van der Waals surface area contributed by atoms with Crippen molar-refractivity contribution in [3.63, 3.8) is 0 Å². The Morgan fingerprint density at radius 3 is 2.61 bits per heavy atom. The number of carbonyl (C=O) groups is 2. The predicted molar refractivity (Wildman–Crippen MR) is 61.6 cm³/mol. The lowest BCUT2D eigenvalue weighted by Gasteiger charge is -2.17. The summed E-state index contributed by atoms with van der Waals surface area (Å²) in [5, 5.41) is 30.4. The molecule has 3 N–H and O–H groups in total. The summed E-state index contributed by atoms with van der Waals surface area (Å²) in [7, 11) is 0. The van der Waals surface area contributed by atoms with Crippen LogP contribution in [0.15, 0.2) is 12.1 Å². The molecule has 0 bridgehead atoms. The van der Waals surface area contributed by atoms with Gasteiger partial charge in [-0.2, -0.15) is 0 Å². The van der Waals surface area contributed by atoms with Crippen LogP contribution in [-0.4, -0.2) is 39.2 Å². The smallest absolute Gasteiger partial charge is 0.337 e. The molecule has 0 aliphatic heterocycles. The van der Waals surface area contributed by atoms with E-state index in [2.05, 4.69) is 5.32 Å². The van der Waals surface area contributed by atoms with Crippen LogP contribution in [-0.2, 0) is 4.79 Å². The summed E-state index contributed by atoms with van der Waals surface area (Å²) in [6, 6.07) is 2.43. The lowest BCUT2D eigenvalue weighted by molar-refractivity contribution is -0.380. The summed E-state index contributed by atoms with van der Waals surface area (Å²) in [4.78, 5) is 31.9. The normalized spacial score (nSPS) is 13.7. The number of carboxylic acid groups (broad SMARTS) is 1. The molecule has 98 valence electrons. The molecule has 0 fully saturated rings. The molecule has 1 amide bonds. The van der Waals surface area contributed by atoms with E-state index in [9.17, 15) is 24.8 Å². The van der Waals surface area contributed by atoms with Gasteiger partial charge < -0.3 is 15.5 Å². The van der Waals surface area contributed by atoms with Gasteiger partial charge in [-0.05, 0) is 13.0 Å². The van der Waals surface area contributed by atoms with Crippen LogP contribution >= 0.6 is 11.3 Å². The molecule has 1 heterocycles. The minimum absolute atomic E-state index is 0.0721. The van der Waals surface area contributed by atoms with Gasteiger partial charge in [0.15, 0.2) is 5.60 Å². The van der Waals surface area contributed by atoms with Crippen molar-refractivity contribution < 1.29 is 24.7 Å². The number of nitrogens with one attached hydrogen (secondary N) is 1. The van der Waals surface area contributed by atoms with Gasteiger partial charge in [0.05, 0.1) is 16.3 Å². The first-order chi connectivity index (χ1) is 8.24. The van der Waals surface area contributed by atoms with E-state index in [1.165, 1.54) is 12.1 Å². The lowest BCUT2D eigenvalue weighted by atomic mass is 10.1. The Bertz CT molecular complexity index is 495. The summed E-state index contributed by atoms with van der Waals surface area (Å²) >= 11 is 0.668. The zero-order valence-electron chi connectivity index (χ0n) is 9.24. The van der Waals surface area contributed by atoms with Gasteiger partial charge in [0.25, 0.3) is 5.91 Å². The van der Waals surface area contributed by atoms with Crippen molar-refractivity contribution in [2.75, 3.05) is 6.54 Å². The first-order valence-electron chi connectivity index (χ1n) is 4.72. The molecule has 1 rings (SSSR count). The zero-order valence-corrected chi connectivity index (χ0v) is 10.1. The summed E-state index contributed by atoms with van der Waals surface area (Å²) < 4.78 is 0. The van der Waals surface area contributed by atoms with E-state index in [0.717, 1.165) is 6.92 Å². The Morgan fingerprint density at radius 1 is 1.56 bits per heavy atom. The van der Waals surface area contributed by atoms with Crippen molar-refractivity contribution in [1.82, 2.24) is 5.32 Å². The van der Waals surface area contributed by atoms with Gasteiger partial charge >= 0.3 is 11.0 Å². The lowest BCUT2D eigenvalue weighted by Crippen LogP contribution is -2.46. The maximum atomic E-state index is 11.5. The van der Waals surface area contributed by atoms with Crippen LogP contribution < -0.4 is 5.32 Å². The molecule has 0 saturated heterocycles. The topological polar surface area (TPSA) is 130 Å². The number of amides is 1. The van der Waals surface area contributed by atoms with Crippen LogP contribution in [0.1, 0.15) is 16.6 Å². The molecule has 1 atom stereocenters. The minimum Gasteiger partial charge on any atom is -0.479 e. The fraction of sp³-hybridized carbons (Fsp3) is 0.333. The van der Waals surface area contributed by atoms with Gasteiger partial charge in [-0.3, -0.25) is 14.9 Å². The third kappa shape index (κ3) is 3.25. The highest BCUT2D eigenvalue weighted by molar-refractivity contribution is 7.17. The fourth-order valence-corrected chi connectivity index (χ4v) is 1.70. The number of rotatable bonds is 5. The Hall–Kier alpha value is -2.00. The van der Waals surface area contributed by atoms with Crippen LogP contribution in [0.4, 0.5) is 5.00 Å². The van der Waals surface area contributed by atoms with Gasteiger partial charge in [0.2, 0.25) is 0 Å². The van der Waals surface area contributed by atoms with E-state index in [1.54, 1.807) is 0 Å². The second-order valence-electron chi connectivity index (χ2n) is 3.66. The summed E-state index contributed by atoms with van der Waals surface area (Å²) in [6.07, 6.45) is 0. The maximum absolute atomic E-state index is 11.5. The molecule has 1 aromatic rings. The van der Waals surface area contributed by atoms with Crippen LogP contribution in [0, 0.1) is 10.1 Å². The first-order valence-corrected chi connectivity index (χ1v) is 5.54. The third-order valence-electron chi connectivity index (χ3n) is 2.05. The maximum Gasteiger partial charge on any atom is 0.337 e. The van der Waals surface area contributed by atoms with E-state index < -0.39 is 28.9 Å². The predicted octanol–water partition coefficient (Wildman–Crippen LogP) is 0.222. The number of aliphatic hydroxyl groups is 1. The van der Waals surface area contributed by atoms with Crippen molar-refractivity contribution in [2.24, 2.45) is 0 Å². The van der Waals surface area contributed by atoms with Crippen LogP contribution in [0.5, 0.6) is 0 Å². The molecule has 18 heavy (non-hydrogen) atoms. The standard InChI is InChI=1S/C9H10N2O6S/c1-9(15,8(13)14)4-10-7(12)5-2-3-6(18-5)11(16)17/h2-3,15H,4H2,1H3,(H,10,12)(H,13,14). The van der Waals surface area contributed by atoms with E-state index >= 15 is 0 Å². The number of nitro groups is 1. The molecule has 1 aromatic heterocycles. The molecule has 0 saturated carbocycles. The number of aliphatic carboxylic acids is 1. The highest BCUT2D eigenvalue weighted by Gasteiger charge is 2.30. The Kier molecular flexibility index (Phi) is 3.99. The van der Waals surface area contributed by atoms with Gasteiger partial charge in [-0.15, -0.1) is 0 Å². The summed E-state index contributed by atoms with van der Waals surface area (Å²) in [5.41, 5.74) is -2.08. The highest BCUT2D eigenvalue weighted by atomic mass is 32.1. The van der Waals surface area contributed by atoms with Crippen molar-refractivity contribution >= 4 is 28.2 Å². The number of carboxylic acids is 1. The molecule has 8 nitrogen and oxygen atoms in total.